The van der Waals surface area contributed by atoms with Crippen molar-refractivity contribution in [3.8, 4) is 0 Å². The molecule has 1 saturated heterocycles. The van der Waals surface area contributed by atoms with Gasteiger partial charge in [-0.2, -0.15) is 0 Å². The Hall–Kier alpha value is -3.01. The van der Waals surface area contributed by atoms with Crippen LogP contribution < -0.4 is 15.6 Å². The number of carboxylic acid groups (broad SMARTS) is 1. The molecule has 2 aliphatic rings. The molecule has 2 fully saturated rings. The molecule has 2 aromatic heterocycles. The molecule has 0 amide bonds. The molecule has 0 spiro atoms. The summed E-state index contributed by atoms with van der Waals surface area (Å²) in [5, 5.41) is 16.5. The first-order valence-corrected chi connectivity index (χ1v) is 9.45. The maximum absolute atomic E-state index is 15.0. The predicted octanol–water partition coefficient (Wildman–Crippen LogP) is 1.37. The zero-order chi connectivity index (χ0) is 20.7. The van der Waals surface area contributed by atoms with E-state index in [0.717, 1.165) is 24.6 Å². The van der Waals surface area contributed by atoms with E-state index in [1.807, 2.05) is 0 Å². The molecule has 2 N–H and O–H groups in total. The molecule has 0 bridgehead atoms. The molecule has 2 aromatic rings. The van der Waals surface area contributed by atoms with Gasteiger partial charge in [-0.3, -0.25) is 4.79 Å². The number of carbonyl (C=O) groups is 1. The molecule has 10 heteroatoms. The summed E-state index contributed by atoms with van der Waals surface area (Å²) in [6.45, 7) is 0.936. The summed E-state index contributed by atoms with van der Waals surface area (Å²) in [7, 11) is 3.28. The minimum Gasteiger partial charge on any atom is -0.477 e. The first-order chi connectivity index (χ1) is 13.9. The van der Waals surface area contributed by atoms with Crippen molar-refractivity contribution < 1.29 is 19.1 Å². The lowest BCUT2D eigenvalue weighted by atomic mass is 10.0. The quantitative estimate of drug-likeness (QED) is 0.726. The van der Waals surface area contributed by atoms with Crippen LogP contribution in [-0.2, 0) is 4.84 Å². The van der Waals surface area contributed by atoms with Crippen molar-refractivity contribution in [3.05, 3.63) is 33.9 Å². The standard InChI is InChI=1S/C19H22FN5O4/c1-21-15-9-24(6-5-14(15)23-29-2)18-13(20)7-11-16(26)12(19(27)28)8-25(10-3-4-10)17(11)22-18/h7-8,10,15,21H,3-6,9H2,1-2H3,(H,27,28)/b23-14+. The highest BCUT2D eigenvalue weighted by Crippen LogP contribution is 2.37. The van der Waals surface area contributed by atoms with Gasteiger partial charge in [0.2, 0.25) is 5.43 Å². The second-order valence-electron chi connectivity index (χ2n) is 7.28. The summed E-state index contributed by atoms with van der Waals surface area (Å²) in [4.78, 5) is 35.2. The van der Waals surface area contributed by atoms with Crippen molar-refractivity contribution in [2.75, 3.05) is 32.1 Å². The van der Waals surface area contributed by atoms with Gasteiger partial charge in [-0.25, -0.2) is 14.2 Å². The molecule has 154 valence electrons. The maximum Gasteiger partial charge on any atom is 0.341 e. The number of rotatable bonds is 5. The summed E-state index contributed by atoms with van der Waals surface area (Å²) < 4.78 is 16.7. The third kappa shape index (κ3) is 3.44. The van der Waals surface area contributed by atoms with Gasteiger partial charge in [0.05, 0.1) is 17.1 Å². The number of piperidine rings is 1. The molecule has 0 radical (unpaired) electrons. The Labute approximate surface area is 165 Å². The van der Waals surface area contributed by atoms with Gasteiger partial charge in [0.15, 0.2) is 11.6 Å². The number of likely N-dealkylation sites (N-methyl/N-ethyl adjacent to an activating group) is 1. The van der Waals surface area contributed by atoms with E-state index in [9.17, 15) is 19.1 Å². The van der Waals surface area contributed by atoms with Crippen LogP contribution in [0.4, 0.5) is 10.2 Å². The minimum atomic E-state index is -1.33. The second kappa shape index (κ2) is 7.43. The molecule has 1 unspecified atom stereocenters. The van der Waals surface area contributed by atoms with E-state index in [2.05, 4.69) is 15.5 Å². The molecule has 0 aromatic carbocycles. The Kier molecular flexibility index (Phi) is 4.95. The Morgan fingerprint density at radius 3 is 2.83 bits per heavy atom. The molecule has 1 aliphatic carbocycles. The molecule has 9 nitrogen and oxygen atoms in total. The molecular formula is C19H22FN5O4. The summed E-state index contributed by atoms with van der Waals surface area (Å²) >= 11 is 0. The van der Waals surface area contributed by atoms with Gasteiger partial charge in [0, 0.05) is 31.7 Å². The highest BCUT2D eigenvalue weighted by molar-refractivity contribution is 5.93. The van der Waals surface area contributed by atoms with E-state index in [0.29, 0.717) is 25.2 Å². The van der Waals surface area contributed by atoms with Crippen LogP contribution in [0, 0.1) is 5.82 Å². The SMILES string of the molecule is CNC1CN(c2nc3c(cc2F)c(=O)c(C(=O)O)cn3C2CC2)CC/C1=N\OC. The minimum absolute atomic E-state index is 0.0122. The average Bonchev–Trinajstić information content (AvgIpc) is 3.54. The number of fused-ring (bicyclic) bond motifs is 1. The van der Waals surface area contributed by atoms with Gasteiger partial charge < -0.3 is 24.7 Å². The van der Waals surface area contributed by atoms with Crippen LogP contribution in [0.3, 0.4) is 0 Å². The van der Waals surface area contributed by atoms with Crippen LogP contribution in [0.1, 0.15) is 35.7 Å². The molecule has 1 aliphatic heterocycles. The average molecular weight is 403 g/mol. The number of pyridine rings is 2. The van der Waals surface area contributed by atoms with Gasteiger partial charge in [-0.1, -0.05) is 5.16 Å². The molecule has 1 atom stereocenters. The van der Waals surface area contributed by atoms with Crippen molar-refractivity contribution in [1.82, 2.24) is 14.9 Å². The lowest BCUT2D eigenvalue weighted by Crippen LogP contribution is -2.51. The summed E-state index contributed by atoms with van der Waals surface area (Å²) in [6.07, 6.45) is 3.64. The van der Waals surface area contributed by atoms with Crippen LogP contribution in [0.5, 0.6) is 0 Å². The van der Waals surface area contributed by atoms with Crippen LogP contribution in [-0.4, -0.2) is 59.6 Å². The summed E-state index contributed by atoms with van der Waals surface area (Å²) in [5.41, 5.74) is 0.0697. The van der Waals surface area contributed by atoms with Gasteiger partial charge in [0.1, 0.15) is 18.3 Å². The summed E-state index contributed by atoms with van der Waals surface area (Å²) in [6, 6.07) is 1.06. The van der Waals surface area contributed by atoms with Crippen molar-refractivity contribution in [2.45, 2.75) is 31.3 Å². The van der Waals surface area contributed by atoms with E-state index in [4.69, 9.17) is 4.84 Å². The van der Waals surface area contributed by atoms with Crippen LogP contribution >= 0.6 is 0 Å². The zero-order valence-electron chi connectivity index (χ0n) is 16.2. The summed E-state index contributed by atoms with van der Waals surface area (Å²) in [5.74, 6) is -1.83. The van der Waals surface area contributed by atoms with Gasteiger partial charge in [0.25, 0.3) is 0 Å². The number of nitrogens with one attached hydrogen (secondary N) is 1. The third-order valence-electron chi connectivity index (χ3n) is 5.41. The smallest absolute Gasteiger partial charge is 0.341 e. The number of anilines is 1. The second-order valence-corrected chi connectivity index (χ2v) is 7.28. The number of aromatic carboxylic acids is 1. The highest BCUT2D eigenvalue weighted by atomic mass is 19.1. The van der Waals surface area contributed by atoms with Gasteiger partial charge >= 0.3 is 5.97 Å². The van der Waals surface area contributed by atoms with E-state index in [-0.39, 0.29) is 28.9 Å². The fourth-order valence-electron chi connectivity index (χ4n) is 3.76. The van der Waals surface area contributed by atoms with Crippen LogP contribution in [0.2, 0.25) is 0 Å². The largest absolute Gasteiger partial charge is 0.477 e. The fraction of sp³-hybridized carbons (Fsp3) is 0.474. The van der Waals surface area contributed by atoms with E-state index in [1.54, 1.807) is 16.5 Å². The van der Waals surface area contributed by atoms with Gasteiger partial charge in [-0.05, 0) is 26.0 Å². The Morgan fingerprint density at radius 1 is 1.45 bits per heavy atom. The first-order valence-electron chi connectivity index (χ1n) is 9.45. The molecule has 1 saturated carbocycles. The number of oxime groups is 1. The van der Waals surface area contributed by atoms with E-state index >= 15 is 0 Å². The van der Waals surface area contributed by atoms with Crippen molar-refractivity contribution in [2.24, 2.45) is 5.16 Å². The number of aromatic nitrogens is 2. The lowest BCUT2D eigenvalue weighted by molar-refractivity contribution is 0.0695. The Bertz CT molecular complexity index is 1060. The maximum atomic E-state index is 15.0. The third-order valence-corrected chi connectivity index (χ3v) is 5.41. The normalized spacial score (nSPS) is 21.0. The number of carboxylic acids is 1. The van der Waals surface area contributed by atoms with Crippen molar-refractivity contribution in [1.29, 1.82) is 0 Å². The Balaban J connectivity index is 1.81. The Morgan fingerprint density at radius 2 is 2.21 bits per heavy atom. The number of nitrogens with zero attached hydrogens (tertiary/aromatic N) is 4. The zero-order valence-corrected chi connectivity index (χ0v) is 16.2. The number of halogens is 1. The van der Waals surface area contributed by atoms with E-state index < -0.39 is 17.2 Å². The van der Waals surface area contributed by atoms with Crippen molar-refractivity contribution in [3.63, 3.8) is 0 Å². The highest BCUT2D eigenvalue weighted by Gasteiger charge is 2.31. The number of hydrogen-bond acceptors (Lipinski definition) is 7. The van der Waals surface area contributed by atoms with Gasteiger partial charge in [-0.15, -0.1) is 0 Å². The first kappa shape index (κ1) is 19.3. The topological polar surface area (TPSA) is 109 Å². The van der Waals surface area contributed by atoms with Crippen LogP contribution in [0.25, 0.3) is 11.0 Å². The van der Waals surface area contributed by atoms with Crippen LogP contribution in [0.15, 0.2) is 22.2 Å². The fourth-order valence-corrected chi connectivity index (χ4v) is 3.76. The molecule has 4 rings (SSSR count). The molecule has 3 heterocycles. The van der Waals surface area contributed by atoms with Crippen molar-refractivity contribution >= 4 is 28.5 Å². The lowest BCUT2D eigenvalue weighted by Gasteiger charge is -2.34. The number of hydrogen-bond donors (Lipinski definition) is 2. The monoisotopic (exact) mass is 403 g/mol. The molecule has 29 heavy (non-hydrogen) atoms. The van der Waals surface area contributed by atoms with E-state index in [1.165, 1.54) is 13.3 Å². The molecular weight excluding hydrogens is 381 g/mol. The predicted molar refractivity (Wildman–Crippen MR) is 105 cm³/mol.